The molecular formula is C15H29NO2. The molecule has 3 nitrogen and oxygen atoms in total. The lowest BCUT2D eigenvalue weighted by molar-refractivity contribution is 0.0437. The van der Waals surface area contributed by atoms with Gasteiger partial charge in [0.25, 0.3) is 0 Å². The Kier molecular flexibility index (Phi) is 5.06. The second kappa shape index (κ2) is 5.94. The van der Waals surface area contributed by atoms with Crippen molar-refractivity contribution in [2.45, 2.75) is 72.4 Å². The lowest BCUT2D eigenvalue weighted by Gasteiger charge is -2.38. The predicted molar refractivity (Wildman–Crippen MR) is 74.5 cm³/mol. The molecule has 0 saturated heterocycles. The first-order valence-corrected chi connectivity index (χ1v) is 7.18. The number of hydrogen-bond acceptors (Lipinski definition) is 2. The number of nitrogens with one attached hydrogen (secondary N) is 1. The number of amides is 1. The van der Waals surface area contributed by atoms with Crippen molar-refractivity contribution in [2.75, 3.05) is 0 Å². The Balaban J connectivity index is 2.58. The summed E-state index contributed by atoms with van der Waals surface area (Å²) < 4.78 is 5.35. The van der Waals surface area contributed by atoms with Crippen LogP contribution < -0.4 is 5.32 Å². The maximum absolute atomic E-state index is 11.9. The zero-order chi connectivity index (χ0) is 13.9. The molecule has 106 valence electrons. The van der Waals surface area contributed by atoms with Crippen molar-refractivity contribution in [3.8, 4) is 0 Å². The molecule has 0 aromatic carbocycles. The summed E-state index contributed by atoms with van der Waals surface area (Å²) in [5.41, 5.74) is -0.419. The maximum atomic E-state index is 11.9. The van der Waals surface area contributed by atoms with Crippen LogP contribution in [0.15, 0.2) is 0 Å². The predicted octanol–water partition coefficient (Wildman–Crippen LogP) is 3.97. The van der Waals surface area contributed by atoms with E-state index in [1.54, 1.807) is 0 Å². The van der Waals surface area contributed by atoms with Gasteiger partial charge < -0.3 is 10.1 Å². The van der Waals surface area contributed by atoms with Crippen LogP contribution in [0.1, 0.15) is 60.8 Å². The average molecular weight is 255 g/mol. The van der Waals surface area contributed by atoms with Crippen LogP contribution in [-0.2, 0) is 4.74 Å². The van der Waals surface area contributed by atoms with Crippen LogP contribution in [0.2, 0.25) is 0 Å². The molecule has 1 aliphatic carbocycles. The van der Waals surface area contributed by atoms with Crippen molar-refractivity contribution in [1.29, 1.82) is 0 Å². The van der Waals surface area contributed by atoms with Gasteiger partial charge in [-0.15, -0.1) is 0 Å². The van der Waals surface area contributed by atoms with Gasteiger partial charge in [-0.25, -0.2) is 4.79 Å². The third kappa shape index (κ3) is 4.87. The van der Waals surface area contributed by atoms with Crippen molar-refractivity contribution < 1.29 is 9.53 Å². The molecule has 1 N–H and O–H groups in total. The van der Waals surface area contributed by atoms with E-state index in [2.05, 4.69) is 26.1 Å². The number of hydrogen-bond donors (Lipinski definition) is 1. The van der Waals surface area contributed by atoms with Gasteiger partial charge in [-0.1, -0.05) is 27.2 Å². The summed E-state index contributed by atoms with van der Waals surface area (Å²) in [5, 5.41) is 3.08. The van der Waals surface area contributed by atoms with Crippen LogP contribution in [0, 0.1) is 17.8 Å². The summed E-state index contributed by atoms with van der Waals surface area (Å²) in [6.45, 7) is 12.4. The van der Waals surface area contributed by atoms with Gasteiger partial charge >= 0.3 is 6.09 Å². The van der Waals surface area contributed by atoms with Crippen molar-refractivity contribution in [1.82, 2.24) is 5.32 Å². The highest BCUT2D eigenvalue weighted by molar-refractivity contribution is 5.68. The molecule has 0 bridgehead atoms. The summed E-state index contributed by atoms with van der Waals surface area (Å²) in [6.07, 6.45) is 3.28. The van der Waals surface area contributed by atoms with Gasteiger partial charge in [0.05, 0.1) is 0 Å². The minimum Gasteiger partial charge on any atom is -0.444 e. The van der Waals surface area contributed by atoms with E-state index in [1.165, 1.54) is 12.8 Å². The fourth-order valence-electron chi connectivity index (χ4n) is 2.83. The van der Waals surface area contributed by atoms with E-state index in [4.69, 9.17) is 4.74 Å². The smallest absolute Gasteiger partial charge is 0.407 e. The average Bonchev–Trinajstić information content (AvgIpc) is 2.13. The Morgan fingerprint density at radius 1 is 1.28 bits per heavy atom. The Hall–Kier alpha value is -0.730. The highest BCUT2D eigenvalue weighted by atomic mass is 16.6. The molecule has 0 aromatic heterocycles. The number of carbonyl (C=O) groups is 1. The number of alkyl carbamates (subject to hydrolysis) is 1. The standard InChI is InChI=1S/C15H29NO2/c1-10(2)12-8-7-11(3)9-13(12)16-14(17)18-15(4,5)6/h10-13H,7-9H2,1-6H3,(H,16,17). The molecule has 1 saturated carbocycles. The van der Waals surface area contributed by atoms with Crippen molar-refractivity contribution in [2.24, 2.45) is 17.8 Å². The van der Waals surface area contributed by atoms with Gasteiger partial charge in [0.2, 0.25) is 0 Å². The Bertz CT molecular complexity index is 281. The number of rotatable bonds is 2. The first-order valence-electron chi connectivity index (χ1n) is 7.18. The van der Waals surface area contributed by atoms with Crippen molar-refractivity contribution in [3.63, 3.8) is 0 Å². The van der Waals surface area contributed by atoms with Crippen LogP contribution in [0.5, 0.6) is 0 Å². The molecule has 1 rings (SSSR count). The summed E-state index contributed by atoms with van der Waals surface area (Å²) in [7, 11) is 0. The van der Waals surface area contributed by atoms with E-state index < -0.39 is 5.60 Å². The molecule has 1 aliphatic rings. The van der Waals surface area contributed by atoms with E-state index in [-0.39, 0.29) is 12.1 Å². The molecule has 1 amide bonds. The van der Waals surface area contributed by atoms with Gasteiger partial charge in [-0.2, -0.15) is 0 Å². The van der Waals surface area contributed by atoms with Crippen LogP contribution >= 0.6 is 0 Å². The Labute approximate surface area is 112 Å². The third-order valence-corrected chi connectivity index (χ3v) is 3.72. The summed E-state index contributed by atoms with van der Waals surface area (Å²) >= 11 is 0. The summed E-state index contributed by atoms with van der Waals surface area (Å²) in [5.74, 6) is 1.88. The van der Waals surface area contributed by atoms with E-state index in [0.717, 1.165) is 6.42 Å². The van der Waals surface area contributed by atoms with Crippen LogP contribution in [0.25, 0.3) is 0 Å². The lowest BCUT2D eigenvalue weighted by atomic mass is 9.74. The Morgan fingerprint density at radius 3 is 2.39 bits per heavy atom. The minimum atomic E-state index is -0.419. The van der Waals surface area contributed by atoms with E-state index in [0.29, 0.717) is 17.8 Å². The van der Waals surface area contributed by atoms with E-state index in [9.17, 15) is 4.79 Å². The zero-order valence-corrected chi connectivity index (χ0v) is 12.7. The SMILES string of the molecule is CC1CCC(C(C)C)C(NC(=O)OC(C)(C)C)C1. The zero-order valence-electron chi connectivity index (χ0n) is 12.7. The van der Waals surface area contributed by atoms with Gasteiger partial charge in [-0.3, -0.25) is 0 Å². The molecule has 3 unspecified atom stereocenters. The van der Waals surface area contributed by atoms with Gasteiger partial charge in [0.15, 0.2) is 0 Å². The fourth-order valence-corrected chi connectivity index (χ4v) is 2.83. The molecular weight excluding hydrogens is 226 g/mol. The second-order valence-electron chi connectivity index (χ2n) is 7.08. The monoisotopic (exact) mass is 255 g/mol. The fraction of sp³-hybridized carbons (Fsp3) is 0.933. The van der Waals surface area contributed by atoms with Crippen LogP contribution in [0.3, 0.4) is 0 Å². The summed E-state index contributed by atoms with van der Waals surface area (Å²) in [4.78, 5) is 11.9. The minimum absolute atomic E-state index is 0.267. The molecule has 0 aliphatic heterocycles. The van der Waals surface area contributed by atoms with Gasteiger partial charge in [-0.05, 0) is 51.4 Å². The highest BCUT2D eigenvalue weighted by Gasteiger charge is 2.32. The quantitative estimate of drug-likeness (QED) is 0.810. The molecule has 0 spiro atoms. The maximum Gasteiger partial charge on any atom is 0.407 e. The number of carbonyl (C=O) groups excluding carboxylic acids is 1. The van der Waals surface area contributed by atoms with Gasteiger partial charge in [0.1, 0.15) is 5.60 Å². The summed E-state index contributed by atoms with van der Waals surface area (Å²) in [6, 6.07) is 0.267. The first kappa shape index (κ1) is 15.3. The molecule has 0 heterocycles. The van der Waals surface area contributed by atoms with Gasteiger partial charge in [0, 0.05) is 6.04 Å². The molecule has 0 radical (unpaired) electrons. The van der Waals surface area contributed by atoms with Crippen molar-refractivity contribution >= 4 is 6.09 Å². The van der Waals surface area contributed by atoms with E-state index >= 15 is 0 Å². The number of ether oxygens (including phenoxy) is 1. The topological polar surface area (TPSA) is 38.3 Å². The molecule has 18 heavy (non-hydrogen) atoms. The molecule has 1 fully saturated rings. The van der Waals surface area contributed by atoms with Crippen LogP contribution in [-0.4, -0.2) is 17.7 Å². The lowest BCUT2D eigenvalue weighted by Crippen LogP contribution is -2.47. The molecule has 0 aromatic rings. The van der Waals surface area contributed by atoms with E-state index in [1.807, 2.05) is 20.8 Å². The Morgan fingerprint density at radius 2 is 1.89 bits per heavy atom. The van der Waals surface area contributed by atoms with Crippen molar-refractivity contribution in [3.05, 3.63) is 0 Å². The third-order valence-electron chi connectivity index (χ3n) is 3.72. The molecule has 3 atom stereocenters. The highest BCUT2D eigenvalue weighted by Crippen LogP contribution is 2.33. The second-order valence-corrected chi connectivity index (χ2v) is 7.08. The van der Waals surface area contributed by atoms with Crippen LogP contribution in [0.4, 0.5) is 4.79 Å². The normalized spacial score (nSPS) is 29.2. The largest absolute Gasteiger partial charge is 0.444 e. The first-order chi connectivity index (χ1) is 8.19. The molecule has 3 heteroatoms.